The second kappa shape index (κ2) is 6.14. The first-order valence-corrected chi connectivity index (χ1v) is 7.11. The van der Waals surface area contributed by atoms with Crippen molar-refractivity contribution < 1.29 is 5.11 Å². The molecule has 2 aromatic heterocycles. The Bertz CT molecular complexity index is 556. The molecule has 0 aliphatic carbocycles. The van der Waals surface area contributed by atoms with Crippen LogP contribution in [0.25, 0.3) is 10.2 Å². The lowest BCUT2D eigenvalue weighted by Gasteiger charge is -2.11. The van der Waals surface area contributed by atoms with Gasteiger partial charge in [-0.1, -0.05) is 13.8 Å². The molecule has 0 radical (unpaired) electrons. The normalized spacial score (nSPS) is 12.6. The summed E-state index contributed by atoms with van der Waals surface area (Å²) in [4.78, 5) is 10.9. The predicted molar refractivity (Wildman–Crippen MR) is 79.3 cm³/mol. The van der Waals surface area contributed by atoms with Crippen LogP contribution >= 0.6 is 11.3 Å². The number of nitrogen functional groups attached to an aromatic ring is 1. The number of fused-ring (bicyclic) bond motifs is 1. The first kappa shape index (κ1) is 14.0. The summed E-state index contributed by atoms with van der Waals surface area (Å²) in [7, 11) is 0. The largest absolute Gasteiger partial charge is 0.396 e. The summed E-state index contributed by atoms with van der Waals surface area (Å²) in [5.41, 5.74) is 2.48. The molecule has 2 heterocycles. The third-order valence-corrected chi connectivity index (χ3v) is 4.02. The zero-order valence-electron chi connectivity index (χ0n) is 11.1. The van der Waals surface area contributed by atoms with Gasteiger partial charge in [0.15, 0.2) is 0 Å². The van der Waals surface area contributed by atoms with E-state index in [0.29, 0.717) is 12.5 Å². The fourth-order valence-corrected chi connectivity index (χ4v) is 2.65. The van der Waals surface area contributed by atoms with Crippen LogP contribution in [-0.2, 0) is 6.42 Å². The summed E-state index contributed by atoms with van der Waals surface area (Å²) < 4.78 is 0. The van der Waals surface area contributed by atoms with Gasteiger partial charge in [-0.3, -0.25) is 5.43 Å². The van der Waals surface area contributed by atoms with E-state index in [9.17, 15) is 0 Å². The SMILES string of the molecule is CCc1cc2c(NCC(C)CO)nc(NN)nc2s1. The molecule has 0 aliphatic heterocycles. The molecule has 0 spiro atoms. The standard InChI is InChI=1S/C12H19N5OS/c1-3-8-4-9-10(14-5-7(2)6-18)15-12(17-13)16-11(9)19-8/h4,7,18H,3,5-6,13H2,1-2H3,(H2,14,15,16,17). The minimum absolute atomic E-state index is 0.146. The van der Waals surface area contributed by atoms with Gasteiger partial charge in [-0.25, -0.2) is 10.8 Å². The van der Waals surface area contributed by atoms with E-state index in [1.165, 1.54) is 4.88 Å². The molecule has 0 amide bonds. The summed E-state index contributed by atoms with van der Waals surface area (Å²) in [5.74, 6) is 6.72. The second-order valence-electron chi connectivity index (χ2n) is 4.49. The predicted octanol–water partition coefficient (Wildman–Crippen LogP) is 1.58. The lowest BCUT2D eigenvalue weighted by atomic mass is 10.2. The highest BCUT2D eigenvalue weighted by atomic mass is 32.1. The lowest BCUT2D eigenvalue weighted by Crippen LogP contribution is -2.17. The number of aryl methyl sites for hydroxylation is 1. The number of aliphatic hydroxyl groups excluding tert-OH is 1. The van der Waals surface area contributed by atoms with Crippen molar-refractivity contribution in [1.29, 1.82) is 0 Å². The summed E-state index contributed by atoms with van der Waals surface area (Å²) >= 11 is 1.64. The monoisotopic (exact) mass is 281 g/mol. The van der Waals surface area contributed by atoms with Crippen LogP contribution < -0.4 is 16.6 Å². The van der Waals surface area contributed by atoms with E-state index in [1.807, 2.05) is 6.92 Å². The Labute approximate surface area is 116 Å². The van der Waals surface area contributed by atoms with Gasteiger partial charge < -0.3 is 10.4 Å². The molecule has 19 heavy (non-hydrogen) atoms. The molecule has 5 N–H and O–H groups in total. The van der Waals surface area contributed by atoms with Crippen molar-refractivity contribution in [2.75, 3.05) is 23.9 Å². The van der Waals surface area contributed by atoms with Crippen LogP contribution in [0.4, 0.5) is 11.8 Å². The maximum Gasteiger partial charge on any atom is 0.240 e. The van der Waals surface area contributed by atoms with Gasteiger partial charge in [-0.05, 0) is 18.4 Å². The number of hydrazine groups is 1. The Hall–Kier alpha value is -1.44. The number of nitrogens with two attached hydrogens (primary N) is 1. The van der Waals surface area contributed by atoms with Crippen LogP contribution in [0.1, 0.15) is 18.7 Å². The second-order valence-corrected chi connectivity index (χ2v) is 5.61. The van der Waals surface area contributed by atoms with Crippen LogP contribution in [0.15, 0.2) is 6.07 Å². The van der Waals surface area contributed by atoms with Gasteiger partial charge in [0, 0.05) is 18.0 Å². The number of anilines is 2. The molecule has 0 saturated heterocycles. The number of hydrogen-bond donors (Lipinski definition) is 4. The zero-order valence-corrected chi connectivity index (χ0v) is 11.9. The van der Waals surface area contributed by atoms with E-state index < -0.39 is 0 Å². The highest BCUT2D eigenvalue weighted by Crippen LogP contribution is 2.30. The third-order valence-electron chi connectivity index (χ3n) is 2.85. The average Bonchev–Trinajstić information content (AvgIpc) is 2.86. The van der Waals surface area contributed by atoms with Gasteiger partial charge in [-0.15, -0.1) is 11.3 Å². The van der Waals surface area contributed by atoms with Crippen molar-refractivity contribution in [1.82, 2.24) is 9.97 Å². The fraction of sp³-hybridized carbons (Fsp3) is 0.500. The van der Waals surface area contributed by atoms with Gasteiger partial charge in [0.05, 0.1) is 5.39 Å². The molecule has 1 atom stereocenters. The van der Waals surface area contributed by atoms with Crippen molar-refractivity contribution in [2.45, 2.75) is 20.3 Å². The molecule has 6 nitrogen and oxygen atoms in total. The number of nitrogens with one attached hydrogen (secondary N) is 2. The van der Waals surface area contributed by atoms with Crippen LogP contribution in [0.5, 0.6) is 0 Å². The average molecular weight is 281 g/mol. The number of thiophene rings is 1. The highest BCUT2D eigenvalue weighted by molar-refractivity contribution is 7.18. The molecule has 2 aromatic rings. The maximum atomic E-state index is 9.07. The molecule has 0 aliphatic rings. The van der Waals surface area contributed by atoms with Crippen molar-refractivity contribution in [3.8, 4) is 0 Å². The summed E-state index contributed by atoms with van der Waals surface area (Å²) in [6, 6.07) is 2.10. The van der Waals surface area contributed by atoms with E-state index in [1.54, 1.807) is 11.3 Å². The van der Waals surface area contributed by atoms with E-state index in [2.05, 4.69) is 33.7 Å². The molecule has 0 fully saturated rings. The number of aromatic nitrogens is 2. The summed E-state index contributed by atoms with van der Waals surface area (Å²) in [6.07, 6.45) is 0.971. The summed E-state index contributed by atoms with van der Waals surface area (Å²) in [6.45, 7) is 4.89. The molecule has 104 valence electrons. The quantitative estimate of drug-likeness (QED) is 0.474. The third kappa shape index (κ3) is 3.12. The number of nitrogens with zero attached hydrogens (tertiary/aromatic N) is 2. The molecule has 7 heteroatoms. The Morgan fingerprint density at radius 2 is 2.26 bits per heavy atom. The Morgan fingerprint density at radius 1 is 1.47 bits per heavy atom. The molecule has 0 saturated carbocycles. The summed E-state index contributed by atoms with van der Waals surface area (Å²) in [5, 5.41) is 13.3. The Balaban J connectivity index is 2.35. The van der Waals surface area contributed by atoms with E-state index >= 15 is 0 Å². The molecule has 2 rings (SSSR count). The minimum Gasteiger partial charge on any atom is -0.396 e. The zero-order chi connectivity index (χ0) is 13.8. The van der Waals surface area contributed by atoms with Gasteiger partial charge in [0.2, 0.25) is 5.95 Å². The van der Waals surface area contributed by atoms with Crippen LogP contribution in [0.2, 0.25) is 0 Å². The Morgan fingerprint density at radius 3 is 2.89 bits per heavy atom. The first-order valence-electron chi connectivity index (χ1n) is 6.29. The van der Waals surface area contributed by atoms with Crippen molar-refractivity contribution >= 4 is 33.3 Å². The highest BCUT2D eigenvalue weighted by Gasteiger charge is 2.11. The molecular formula is C12H19N5OS. The van der Waals surface area contributed by atoms with Gasteiger partial charge >= 0.3 is 0 Å². The molecule has 1 unspecified atom stereocenters. The lowest BCUT2D eigenvalue weighted by molar-refractivity contribution is 0.244. The minimum atomic E-state index is 0.146. The number of hydrogen-bond acceptors (Lipinski definition) is 7. The molecule has 0 bridgehead atoms. The van der Waals surface area contributed by atoms with Crippen molar-refractivity contribution in [3.05, 3.63) is 10.9 Å². The fourth-order valence-electron chi connectivity index (χ4n) is 1.68. The van der Waals surface area contributed by atoms with E-state index in [4.69, 9.17) is 10.9 Å². The van der Waals surface area contributed by atoms with E-state index in [0.717, 1.165) is 22.5 Å². The maximum absolute atomic E-state index is 9.07. The van der Waals surface area contributed by atoms with Crippen molar-refractivity contribution in [3.63, 3.8) is 0 Å². The van der Waals surface area contributed by atoms with Gasteiger partial charge in [0.25, 0.3) is 0 Å². The van der Waals surface area contributed by atoms with Crippen molar-refractivity contribution in [2.24, 2.45) is 11.8 Å². The Kier molecular flexibility index (Phi) is 4.52. The first-order chi connectivity index (χ1) is 9.17. The number of aliphatic hydroxyl groups is 1. The molecule has 0 aromatic carbocycles. The van der Waals surface area contributed by atoms with Crippen LogP contribution in [0.3, 0.4) is 0 Å². The van der Waals surface area contributed by atoms with Crippen LogP contribution in [-0.4, -0.2) is 28.2 Å². The van der Waals surface area contributed by atoms with E-state index in [-0.39, 0.29) is 12.5 Å². The topological polar surface area (TPSA) is 96.1 Å². The molecular weight excluding hydrogens is 262 g/mol. The number of rotatable bonds is 6. The van der Waals surface area contributed by atoms with Gasteiger partial charge in [0.1, 0.15) is 10.6 Å². The smallest absolute Gasteiger partial charge is 0.240 e. The van der Waals surface area contributed by atoms with Gasteiger partial charge in [-0.2, -0.15) is 4.98 Å². The van der Waals surface area contributed by atoms with Crippen LogP contribution in [0, 0.1) is 5.92 Å².